The Kier molecular flexibility index (Phi) is 5.96. The lowest BCUT2D eigenvalue weighted by molar-refractivity contribution is 0.102. The largest absolute Gasteiger partial charge is 0.497 e. The molecule has 0 radical (unpaired) electrons. The Bertz CT molecular complexity index is 1890. The van der Waals surface area contributed by atoms with Crippen LogP contribution in [0, 0.1) is 0 Å². The van der Waals surface area contributed by atoms with Crippen LogP contribution in [0.15, 0.2) is 96.3 Å². The number of methoxy groups -OCH3 is 1. The molecule has 0 aliphatic carbocycles. The fourth-order valence-corrected chi connectivity index (χ4v) is 4.33. The molecule has 2 aromatic carbocycles. The molecule has 1 amide bonds. The van der Waals surface area contributed by atoms with E-state index in [1.807, 2.05) is 29.9 Å². The molecule has 0 fully saturated rings. The number of aryl methyl sites for hydroxylation is 1. The number of nitrogens with zero attached hydrogens (tertiary/aromatic N) is 5. The van der Waals surface area contributed by atoms with Gasteiger partial charge in [-0.1, -0.05) is 0 Å². The predicted octanol–water partition coefficient (Wildman–Crippen LogP) is 4.72. The lowest BCUT2D eigenvalue weighted by atomic mass is 10.1. The molecule has 6 aromatic rings. The molecule has 0 spiro atoms. The third-order valence-electron chi connectivity index (χ3n) is 6.29. The van der Waals surface area contributed by atoms with Gasteiger partial charge in [0.05, 0.1) is 18.2 Å². The molecule has 0 saturated carbocycles. The topological polar surface area (TPSA) is 113 Å². The van der Waals surface area contributed by atoms with Gasteiger partial charge in [0.2, 0.25) is 5.88 Å². The minimum atomic E-state index is -0.538. The van der Waals surface area contributed by atoms with Gasteiger partial charge >= 0.3 is 0 Å². The van der Waals surface area contributed by atoms with Crippen LogP contribution in [0.3, 0.4) is 0 Å². The standard InChI is InChI=1S/C29H22N6O4/c1-34-15-13-23-26(34)31-17-32-28(23)39-22-9-5-19(6-10-22)33-27(36)24-16-18-4-3-14-30-25(18)35(29(24)37)20-7-11-21(38-2)12-8-20/h3-17H,1-2H3,(H,33,36). The molecule has 0 atom stereocenters. The maximum Gasteiger partial charge on any atom is 0.269 e. The Morgan fingerprint density at radius 2 is 1.67 bits per heavy atom. The molecule has 4 heterocycles. The Labute approximate surface area is 222 Å². The van der Waals surface area contributed by atoms with E-state index < -0.39 is 11.5 Å². The number of carbonyl (C=O) groups is 1. The number of fused-ring (bicyclic) bond motifs is 2. The van der Waals surface area contributed by atoms with Gasteiger partial charge in [-0.3, -0.25) is 14.2 Å². The lowest BCUT2D eigenvalue weighted by Crippen LogP contribution is -2.29. The second-order valence-electron chi connectivity index (χ2n) is 8.74. The van der Waals surface area contributed by atoms with Crippen molar-refractivity contribution in [1.29, 1.82) is 0 Å². The summed E-state index contributed by atoms with van der Waals surface area (Å²) in [7, 11) is 3.47. The van der Waals surface area contributed by atoms with E-state index in [4.69, 9.17) is 9.47 Å². The highest BCUT2D eigenvalue weighted by molar-refractivity contribution is 6.05. The van der Waals surface area contributed by atoms with E-state index >= 15 is 0 Å². The van der Waals surface area contributed by atoms with Crippen LogP contribution in [0.5, 0.6) is 17.4 Å². The number of aromatic nitrogens is 5. The summed E-state index contributed by atoms with van der Waals surface area (Å²) in [6, 6.07) is 20.8. The zero-order valence-corrected chi connectivity index (χ0v) is 21.0. The first-order valence-corrected chi connectivity index (χ1v) is 12.0. The number of benzene rings is 2. The van der Waals surface area contributed by atoms with E-state index in [0.717, 1.165) is 11.0 Å². The van der Waals surface area contributed by atoms with Crippen molar-refractivity contribution in [2.45, 2.75) is 0 Å². The van der Waals surface area contributed by atoms with Crippen LogP contribution in [-0.4, -0.2) is 37.1 Å². The van der Waals surface area contributed by atoms with Gasteiger partial charge in [-0.2, -0.15) is 0 Å². The van der Waals surface area contributed by atoms with Crippen molar-refractivity contribution >= 4 is 33.7 Å². The van der Waals surface area contributed by atoms with Crippen LogP contribution < -0.4 is 20.3 Å². The van der Waals surface area contributed by atoms with E-state index in [-0.39, 0.29) is 5.56 Å². The first kappa shape index (κ1) is 23.9. The van der Waals surface area contributed by atoms with Crippen molar-refractivity contribution in [2.75, 3.05) is 12.4 Å². The number of nitrogens with one attached hydrogen (secondary N) is 1. The van der Waals surface area contributed by atoms with Crippen molar-refractivity contribution in [1.82, 2.24) is 24.1 Å². The van der Waals surface area contributed by atoms with Crippen LogP contribution in [0.4, 0.5) is 5.69 Å². The molecule has 10 heteroatoms. The van der Waals surface area contributed by atoms with Crippen molar-refractivity contribution in [3.8, 4) is 23.1 Å². The van der Waals surface area contributed by atoms with Gasteiger partial charge in [-0.05, 0) is 72.8 Å². The quantitative estimate of drug-likeness (QED) is 0.339. The van der Waals surface area contributed by atoms with Gasteiger partial charge in [0, 0.05) is 30.5 Å². The molecular formula is C29H22N6O4. The smallest absolute Gasteiger partial charge is 0.269 e. The van der Waals surface area contributed by atoms with Crippen LogP contribution >= 0.6 is 0 Å². The molecule has 4 aromatic heterocycles. The minimum Gasteiger partial charge on any atom is -0.497 e. The van der Waals surface area contributed by atoms with Gasteiger partial charge in [0.15, 0.2) is 0 Å². The molecule has 0 bridgehead atoms. The molecule has 6 rings (SSSR count). The Balaban J connectivity index is 1.28. The summed E-state index contributed by atoms with van der Waals surface area (Å²) in [6.45, 7) is 0. The molecule has 39 heavy (non-hydrogen) atoms. The number of amides is 1. The van der Waals surface area contributed by atoms with E-state index in [1.54, 1.807) is 74.0 Å². The molecule has 0 aliphatic rings. The fourth-order valence-electron chi connectivity index (χ4n) is 4.33. The highest BCUT2D eigenvalue weighted by atomic mass is 16.5. The number of anilines is 1. The van der Waals surface area contributed by atoms with Gasteiger partial charge in [0.25, 0.3) is 11.5 Å². The Morgan fingerprint density at radius 3 is 2.44 bits per heavy atom. The van der Waals surface area contributed by atoms with Gasteiger partial charge < -0.3 is 19.4 Å². The highest BCUT2D eigenvalue weighted by Gasteiger charge is 2.18. The average Bonchev–Trinajstić information content (AvgIpc) is 3.35. The SMILES string of the molecule is COc1ccc(-n2c(=O)c(C(=O)Nc3ccc(Oc4ncnc5c4ccn5C)cc3)cc3cccnc32)cc1. The second-order valence-corrected chi connectivity index (χ2v) is 8.74. The monoisotopic (exact) mass is 518 g/mol. The molecule has 0 aliphatic heterocycles. The van der Waals surface area contributed by atoms with E-state index in [2.05, 4.69) is 20.3 Å². The summed E-state index contributed by atoms with van der Waals surface area (Å²) in [5, 5.41) is 4.25. The third kappa shape index (κ3) is 4.44. The summed E-state index contributed by atoms with van der Waals surface area (Å²) in [5.41, 5.74) is 1.77. The van der Waals surface area contributed by atoms with Gasteiger partial charge in [-0.15, -0.1) is 0 Å². The number of ether oxygens (including phenoxy) is 2. The first-order valence-electron chi connectivity index (χ1n) is 12.0. The number of rotatable bonds is 6. The molecule has 192 valence electrons. The van der Waals surface area contributed by atoms with Gasteiger partial charge in [-0.25, -0.2) is 15.0 Å². The maximum atomic E-state index is 13.5. The summed E-state index contributed by atoms with van der Waals surface area (Å²) >= 11 is 0. The van der Waals surface area contributed by atoms with E-state index in [0.29, 0.717) is 39.8 Å². The molecule has 0 unspecified atom stereocenters. The number of hydrogen-bond donors (Lipinski definition) is 1. The van der Waals surface area contributed by atoms with Crippen LogP contribution in [0.25, 0.3) is 27.8 Å². The predicted molar refractivity (Wildman–Crippen MR) is 147 cm³/mol. The van der Waals surface area contributed by atoms with Crippen molar-refractivity contribution in [2.24, 2.45) is 7.05 Å². The zero-order valence-electron chi connectivity index (χ0n) is 21.0. The highest BCUT2D eigenvalue weighted by Crippen LogP contribution is 2.28. The van der Waals surface area contributed by atoms with E-state index in [9.17, 15) is 9.59 Å². The summed E-state index contributed by atoms with van der Waals surface area (Å²) in [4.78, 5) is 39.7. The molecule has 10 nitrogen and oxygen atoms in total. The van der Waals surface area contributed by atoms with Crippen LogP contribution in [0.2, 0.25) is 0 Å². The summed E-state index contributed by atoms with van der Waals surface area (Å²) in [6.07, 6.45) is 4.94. The molecule has 1 N–H and O–H groups in total. The maximum absolute atomic E-state index is 13.5. The van der Waals surface area contributed by atoms with Crippen molar-refractivity contribution < 1.29 is 14.3 Å². The van der Waals surface area contributed by atoms with E-state index in [1.165, 1.54) is 10.9 Å². The number of carbonyl (C=O) groups excluding carboxylic acids is 1. The van der Waals surface area contributed by atoms with Crippen molar-refractivity contribution in [3.63, 3.8) is 0 Å². The van der Waals surface area contributed by atoms with Crippen LogP contribution in [-0.2, 0) is 7.05 Å². The average molecular weight is 519 g/mol. The minimum absolute atomic E-state index is 0.0147. The fraction of sp³-hybridized carbons (Fsp3) is 0.0690. The number of pyridine rings is 2. The third-order valence-corrected chi connectivity index (χ3v) is 6.29. The normalized spacial score (nSPS) is 11.0. The Hall–Kier alpha value is -5.51. The zero-order chi connectivity index (χ0) is 26.9. The Morgan fingerprint density at radius 1 is 0.897 bits per heavy atom. The second kappa shape index (κ2) is 9.75. The summed E-state index contributed by atoms with van der Waals surface area (Å²) in [5.74, 6) is 1.08. The van der Waals surface area contributed by atoms with Gasteiger partial charge in [0.1, 0.15) is 34.7 Å². The van der Waals surface area contributed by atoms with Crippen LogP contribution in [0.1, 0.15) is 10.4 Å². The van der Waals surface area contributed by atoms with Crippen molar-refractivity contribution in [3.05, 3.63) is 107 Å². The first-order chi connectivity index (χ1) is 19.0. The molecule has 0 saturated heterocycles. The molecular weight excluding hydrogens is 496 g/mol. The summed E-state index contributed by atoms with van der Waals surface area (Å²) < 4.78 is 14.5. The lowest BCUT2D eigenvalue weighted by Gasteiger charge is -2.13. The number of hydrogen-bond acceptors (Lipinski definition) is 7.